The van der Waals surface area contributed by atoms with Gasteiger partial charge in [-0.1, -0.05) is 11.8 Å². The van der Waals surface area contributed by atoms with Gasteiger partial charge in [0.2, 0.25) is 0 Å². The summed E-state index contributed by atoms with van der Waals surface area (Å²) in [6, 6.07) is 6.14. The topological polar surface area (TPSA) is 68.0 Å². The maximum atomic E-state index is 12.1. The van der Waals surface area contributed by atoms with E-state index in [4.69, 9.17) is 5.73 Å². The maximum Gasteiger partial charge on any atom is 0.288 e. The number of halogens is 2. The standard InChI is InChI=1S/C11H9F2N3OS2/c12-10(13)19-7-3-1-6(2-4-7)15-9(17)8-5-18-11(14)16-8/h1-5,10H,(H2,14,16)(H,15,17). The average Bonchev–Trinajstić information content (AvgIpc) is 2.78. The molecule has 4 nitrogen and oxygen atoms in total. The third kappa shape index (κ3) is 3.90. The lowest BCUT2D eigenvalue weighted by atomic mass is 10.3. The van der Waals surface area contributed by atoms with Crippen LogP contribution in [0, 0.1) is 0 Å². The molecule has 0 aliphatic carbocycles. The fourth-order valence-corrected chi connectivity index (χ4v) is 2.35. The predicted octanol–water partition coefficient (Wildman–Crippen LogP) is 3.29. The molecular formula is C11H9F2N3OS2. The Morgan fingerprint density at radius 2 is 2.05 bits per heavy atom. The quantitative estimate of drug-likeness (QED) is 0.850. The molecule has 0 radical (unpaired) electrons. The summed E-state index contributed by atoms with van der Waals surface area (Å²) in [5.74, 6) is -2.85. The molecule has 0 unspecified atom stereocenters. The van der Waals surface area contributed by atoms with Crippen molar-refractivity contribution in [3.63, 3.8) is 0 Å². The van der Waals surface area contributed by atoms with E-state index in [2.05, 4.69) is 10.3 Å². The Bertz CT molecular complexity index is 572. The smallest absolute Gasteiger partial charge is 0.288 e. The number of aromatic nitrogens is 1. The number of alkyl halides is 2. The number of carbonyl (C=O) groups is 1. The Morgan fingerprint density at radius 3 is 2.58 bits per heavy atom. The van der Waals surface area contributed by atoms with Gasteiger partial charge in [0, 0.05) is 16.0 Å². The van der Waals surface area contributed by atoms with Gasteiger partial charge < -0.3 is 11.1 Å². The molecule has 1 amide bonds. The summed E-state index contributed by atoms with van der Waals surface area (Å²) in [7, 11) is 0. The van der Waals surface area contributed by atoms with Gasteiger partial charge in [0.15, 0.2) is 5.13 Å². The summed E-state index contributed by atoms with van der Waals surface area (Å²) in [4.78, 5) is 16.0. The van der Waals surface area contributed by atoms with Crippen molar-refractivity contribution in [2.75, 3.05) is 11.1 Å². The number of hydrogen-bond donors (Lipinski definition) is 2. The van der Waals surface area contributed by atoms with Gasteiger partial charge in [0.25, 0.3) is 11.7 Å². The number of nitrogens with zero attached hydrogens (tertiary/aromatic N) is 1. The van der Waals surface area contributed by atoms with E-state index in [-0.39, 0.29) is 11.6 Å². The highest BCUT2D eigenvalue weighted by Gasteiger charge is 2.10. The molecule has 0 bridgehead atoms. The SMILES string of the molecule is Nc1nc(C(=O)Nc2ccc(SC(F)F)cc2)cs1. The van der Waals surface area contributed by atoms with E-state index >= 15 is 0 Å². The lowest BCUT2D eigenvalue weighted by Crippen LogP contribution is -2.12. The molecule has 8 heteroatoms. The minimum Gasteiger partial charge on any atom is -0.375 e. The van der Waals surface area contributed by atoms with Crippen molar-refractivity contribution in [2.45, 2.75) is 10.7 Å². The highest BCUT2D eigenvalue weighted by Crippen LogP contribution is 2.26. The lowest BCUT2D eigenvalue weighted by molar-refractivity contribution is 0.102. The summed E-state index contributed by atoms with van der Waals surface area (Å²) in [5, 5.41) is 4.47. The molecule has 0 saturated carbocycles. The number of nitrogens with two attached hydrogens (primary N) is 1. The molecule has 3 N–H and O–H groups in total. The molecule has 0 aliphatic rings. The third-order valence-electron chi connectivity index (χ3n) is 2.09. The highest BCUT2D eigenvalue weighted by molar-refractivity contribution is 7.99. The molecule has 1 aromatic carbocycles. The number of nitrogen functional groups attached to an aromatic ring is 1. The first-order valence-corrected chi connectivity index (χ1v) is 6.88. The zero-order chi connectivity index (χ0) is 13.8. The van der Waals surface area contributed by atoms with E-state index in [1.54, 1.807) is 17.5 Å². The van der Waals surface area contributed by atoms with Crippen molar-refractivity contribution in [1.82, 2.24) is 4.98 Å². The van der Waals surface area contributed by atoms with E-state index in [1.165, 1.54) is 23.5 Å². The first-order valence-electron chi connectivity index (χ1n) is 5.12. The van der Waals surface area contributed by atoms with Crippen LogP contribution in [0.2, 0.25) is 0 Å². The number of carbonyl (C=O) groups excluding carboxylic acids is 1. The van der Waals surface area contributed by atoms with Crippen molar-refractivity contribution >= 4 is 39.8 Å². The minimum absolute atomic E-state index is 0.230. The van der Waals surface area contributed by atoms with Crippen molar-refractivity contribution in [2.24, 2.45) is 0 Å². The number of amides is 1. The highest BCUT2D eigenvalue weighted by atomic mass is 32.2. The minimum atomic E-state index is -2.46. The Balaban J connectivity index is 2.01. The normalized spacial score (nSPS) is 10.7. The van der Waals surface area contributed by atoms with Crippen LogP contribution in [0.15, 0.2) is 34.5 Å². The summed E-state index contributed by atoms with van der Waals surface area (Å²) in [5.41, 5.74) is 6.17. The third-order valence-corrected chi connectivity index (χ3v) is 3.49. The van der Waals surface area contributed by atoms with Crippen LogP contribution in [0.3, 0.4) is 0 Å². The summed E-state index contributed by atoms with van der Waals surface area (Å²) in [6.07, 6.45) is 0. The van der Waals surface area contributed by atoms with Gasteiger partial charge in [0.1, 0.15) is 5.69 Å². The zero-order valence-electron chi connectivity index (χ0n) is 9.47. The second-order valence-corrected chi connectivity index (χ2v) is 5.38. The number of rotatable bonds is 4. The van der Waals surface area contributed by atoms with Gasteiger partial charge in [-0.3, -0.25) is 4.79 Å². The number of nitrogens with one attached hydrogen (secondary N) is 1. The molecule has 0 aliphatic heterocycles. The van der Waals surface area contributed by atoms with Crippen molar-refractivity contribution in [1.29, 1.82) is 0 Å². The summed E-state index contributed by atoms with van der Waals surface area (Å²) < 4.78 is 24.3. The second-order valence-electron chi connectivity index (χ2n) is 3.43. The molecule has 0 fully saturated rings. The number of anilines is 2. The summed E-state index contributed by atoms with van der Waals surface area (Å²) >= 11 is 1.62. The fraction of sp³-hybridized carbons (Fsp3) is 0.0909. The van der Waals surface area contributed by atoms with Crippen molar-refractivity contribution in [3.05, 3.63) is 35.3 Å². The lowest BCUT2D eigenvalue weighted by Gasteiger charge is -2.04. The fourth-order valence-electron chi connectivity index (χ4n) is 1.31. The largest absolute Gasteiger partial charge is 0.375 e. The van der Waals surface area contributed by atoms with Crippen LogP contribution in [-0.2, 0) is 0 Å². The number of thiazole rings is 1. The number of benzene rings is 1. The first kappa shape index (κ1) is 13.8. The van der Waals surface area contributed by atoms with Gasteiger partial charge in [-0.25, -0.2) is 4.98 Å². The van der Waals surface area contributed by atoms with Crippen LogP contribution >= 0.6 is 23.1 Å². The first-order chi connectivity index (χ1) is 9.04. The monoisotopic (exact) mass is 301 g/mol. The van der Waals surface area contributed by atoms with Gasteiger partial charge in [-0.05, 0) is 24.3 Å². The number of hydrogen-bond acceptors (Lipinski definition) is 5. The van der Waals surface area contributed by atoms with Gasteiger partial charge in [-0.15, -0.1) is 11.3 Å². The van der Waals surface area contributed by atoms with Crippen LogP contribution < -0.4 is 11.1 Å². The Hall–Kier alpha value is -1.67. The van der Waals surface area contributed by atoms with E-state index in [9.17, 15) is 13.6 Å². The molecule has 1 aromatic heterocycles. The van der Waals surface area contributed by atoms with Crippen LogP contribution in [0.1, 0.15) is 10.5 Å². The molecular weight excluding hydrogens is 292 g/mol. The van der Waals surface area contributed by atoms with Crippen LogP contribution in [-0.4, -0.2) is 16.6 Å². The zero-order valence-corrected chi connectivity index (χ0v) is 11.1. The number of thioether (sulfide) groups is 1. The Morgan fingerprint density at radius 1 is 1.37 bits per heavy atom. The Labute approximate surface area is 116 Å². The van der Waals surface area contributed by atoms with Gasteiger partial charge >= 0.3 is 0 Å². The van der Waals surface area contributed by atoms with Gasteiger partial charge in [0.05, 0.1) is 0 Å². The molecule has 0 saturated heterocycles. The Kier molecular flexibility index (Phi) is 4.33. The summed E-state index contributed by atoms with van der Waals surface area (Å²) in [6.45, 7) is 0. The van der Waals surface area contributed by atoms with E-state index < -0.39 is 5.76 Å². The maximum absolute atomic E-state index is 12.1. The van der Waals surface area contributed by atoms with E-state index in [0.29, 0.717) is 27.5 Å². The van der Waals surface area contributed by atoms with Crippen LogP contribution in [0.5, 0.6) is 0 Å². The van der Waals surface area contributed by atoms with E-state index in [1.807, 2.05) is 0 Å². The molecule has 2 aromatic rings. The van der Waals surface area contributed by atoms with Crippen molar-refractivity contribution in [3.8, 4) is 0 Å². The molecule has 0 atom stereocenters. The van der Waals surface area contributed by atoms with Crippen molar-refractivity contribution < 1.29 is 13.6 Å². The second kappa shape index (κ2) is 5.98. The molecule has 2 rings (SSSR count). The van der Waals surface area contributed by atoms with E-state index in [0.717, 1.165) is 0 Å². The average molecular weight is 301 g/mol. The van der Waals surface area contributed by atoms with Crippen LogP contribution in [0.4, 0.5) is 19.6 Å². The molecule has 1 heterocycles. The predicted molar refractivity (Wildman–Crippen MR) is 72.8 cm³/mol. The van der Waals surface area contributed by atoms with Gasteiger partial charge in [-0.2, -0.15) is 8.78 Å². The van der Waals surface area contributed by atoms with Crippen LogP contribution in [0.25, 0.3) is 0 Å². The molecule has 19 heavy (non-hydrogen) atoms. The molecule has 0 spiro atoms. The molecule has 100 valence electrons.